The van der Waals surface area contributed by atoms with Gasteiger partial charge in [-0.1, -0.05) is 12.1 Å². The predicted octanol–water partition coefficient (Wildman–Crippen LogP) is 2.03. The molecule has 1 unspecified atom stereocenters. The van der Waals surface area contributed by atoms with E-state index in [9.17, 15) is 4.79 Å². The molecule has 2 saturated heterocycles. The molecule has 0 spiro atoms. The predicted molar refractivity (Wildman–Crippen MR) is 80.2 cm³/mol. The highest BCUT2D eigenvalue weighted by molar-refractivity contribution is 5.80. The SMILES string of the molecule is NC(=O)[C@H]1[C][C@H](c2ccc(OC3CCCCO3)cc2)CCO1. The summed E-state index contributed by atoms with van der Waals surface area (Å²) >= 11 is 0. The minimum absolute atomic E-state index is 0.0613. The number of amides is 1. The van der Waals surface area contributed by atoms with Crippen molar-refractivity contribution in [3.8, 4) is 5.75 Å². The van der Waals surface area contributed by atoms with Crippen LogP contribution in [0.1, 0.15) is 37.2 Å². The molecule has 1 aromatic rings. The Balaban J connectivity index is 1.59. The molecule has 2 heterocycles. The maximum Gasteiger partial charge on any atom is 0.247 e. The fourth-order valence-corrected chi connectivity index (χ4v) is 2.78. The Morgan fingerprint density at radius 2 is 1.95 bits per heavy atom. The first-order valence-electron chi connectivity index (χ1n) is 7.77. The molecule has 2 aliphatic rings. The average molecular weight is 303 g/mol. The van der Waals surface area contributed by atoms with Crippen LogP contribution in [-0.4, -0.2) is 31.5 Å². The summed E-state index contributed by atoms with van der Waals surface area (Å²) in [6.45, 7) is 1.28. The van der Waals surface area contributed by atoms with Gasteiger partial charge in [-0.15, -0.1) is 0 Å². The van der Waals surface area contributed by atoms with Crippen molar-refractivity contribution in [1.29, 1.82) is 0 Å². The fraction of sp³-hybridized carbons (Fsp3) is 0.529. The molecule has 1 amide bonds. The van der Waals surface area contributed by atoms with Gasteiger partial charge in [0.25, 0.3) is 0 Å². The maximum atomic E-state index is 11.2. The van der Waals surface area contributed by atoms with Gasteiger partial charge < -0.3 is 19.9 Å². The minimum Gasteiger partial charge on any atom is -0.465 e. The van der Waals surface area contributed by atoms with Crippen molar-refractivity contribution in [2.45, 2.75) is 44.0 Å². The van der Waals surface area contributed by atoms with Crippen LogP contribution in [0.25, 0.3) is 0 Å². The van der Waals surface area contributed by atoms with E-state index >= 15 is 0 Å². The second-order valence-electron chi connectivity index (χ2n) is 5.64. The zero-order valence-electron chi connectivity index (χ0n) is 12.5. The number of carbonyl (C=O) groups is 1. The van der Waals surface area contributed by atoms with Crippen LogP contribution in [0, 0.1) is 6.42 Å². The summed E-state index contributed by atoms with van der Waals surface area (Å²) in [4.78, 5) is 11.2. The van der Waals surface area contributed by atoms with Gasteiger partial charge in [-0.05, 0) is 42.9 Å². The third-order valence-electron chi connectivity index (χ3n) is 3.99. The number of carbonyl (C=O) groups excluding carboxylic acids is 1. The number of primary amides is 1. The monoisotopic (exact) mass is 303 g/mol. The number of ether oxygens (including phenoxy) is 3. The zero-order chi connectivity index (χ0) is 15.4. The third-order valence-corrected chi connectivity index (χ3v) is 3.99. The Morgan fingerprint density at radius 3 is 2.64 bits per heavy atom. The lowest BCUT2D eigenvalue weighted by Crippen LogP contribution is -2.37. The summed E-state index contributed by atoms with van der Waals surface area (Å²) < 4.78 is 16.7. The fourth-order valence-electron chi connectivity index (χ4n) is 2.78. The molecule has 2 aliphatic heterocycles. The molecular formula is C17H21NO4. The molecule has 0 aromatic heterocycles. The molecular weight excluding hydrogens is 282 g/mol. The molecule has 3 rings (SSSR count). The average Bonchev–Trinajstić information content (AvgIpc) is 2.56. The molecule has 5 nitrogen and oxygen atoms in total. The first-order chi connectivity index (χ1) is 10.7. The first-order valence-corrected chi connectivity index (χ1v) is 7.77. The van der Waals surface area contributed by atoms with Gasteiger partial charge in [0.05, 0.1) is 6.61 Å². The Bertz CT molecular complexity index is 496. The normalized spacial score (nSPS) is 29.0. The van der Waals surface area contributed by atoms with Crippen molar-refractivity contribution in [2.75, 3.05) is 13.2 Å². The third kappa shape index (κ3) is 3.78. The second-order valence-corrected chi connectivity index (χ2v) is 5.64. The molecule has 22 heavy (non-hydrogen) atoms. The lowest BCUT2D eigenvalue weighted by molar-refractivity contribution is -0.129. The summed E-state index contributed by atoms with van der Waals surface area (Å²) in [6.07, 6.45) is 6.24. The van der Waals surface area contributed by atoms with E-state index in [0.717, 1.165) is 43.6 Å². The Kier molecular flexibility index (Phi) is 4.95. The number of rotatable bonds is 4. The second kappa shape index (κ2) is 7.11. The Morgan fingerprint density at radius 1 is 1.14 bits per heavy atom. The van der Waals surface area contributed by atoms with Crippen LogP contribution >= 0.6 is 0 Å². The van der Waals surface area contributed by atoms with Gasteiger partial charge in [0.15, 0.2) is 6.29 Å². The van der Waals surface area contributed by atoms with Gasteiger partial charge in [0.1, 0.15) is 11.9 Å². The Labute approximate surface area is 130 Å². The van der Waals surface area contributed by atoms with Crippen molar-refractivity contribution in [3.05, 3.63) is 36.2 Å². The molecule has 0 bridgehead atoms. The van der Waals surface area contributed by atoms with Gasteiger partial charge in [-0.3, -0.25) is 4.79 Å². The van der Waals surface area contributed by atoms with Gasteiger partial charge in [-0.25, -0.2) is 0 Å². The molecule has 2 fully saturated rings. The van der Waals surface area contributed by atoms with Gasteiger partial charge in [0.2, 0.25) is 5.91 Å². The smallest absolute Gasteiger partial charge is 0.247 e. The lowest BCUT2D eigenvalue weighted by Gasteiger charge is -2.27. The summed E-state index contributed by atoms with van der Waals surface area (Å²) in [6, 6.07) is 7.87. The van der Waals surface area contributed by atoms with E-state index in [1.54, 1.807) is 0 Å². The standard InChI is InChI=1S/C17H21NO4/c18-17(19)15-11-13(8-10-20-15)12-4-6-14(7-5-12)22-16-3-1-2-9-21-16/h4-7,13,15-16H,1-3,8-10H2,(H2,18,19)/t13-,15-,16?/m1/s1. The number of hydrogen-bond donors (Lipinski definition) is 1. The van der Waals surface area contributed by atoms with Crippen LogP contribution in [0.2, 0.25) is 0 Å². The molecule has 2 radical (unpaired) electrons. The van der Waals surface area contributed by atoms with E-state index in [-0.39, 0.29) is 12.2 Å². The number of benzene rings is 1. The quantitative estimate of drug-likeness (QED) is 0.924. The van der Waals surface area contributed by atoms with Crippen molar-refractivity contribution in [2.24, 2.45) is 5.73 Å². The highest BCUT2D eigenvalue weighted by atomic mass is 16.7. The highest BCUT2D eigenvalue weighted by Crippen LogP contribution is 2.30. The van der Waals surface area contributed by atoms with E-state index in [4.69, 9.17) is 19.9 Å². The molecule has 2 N–H and O–H groups in total. The van der Waals surface area contributed by atoms with Crippen molar-refractivity contribution in [1.82, 2.24) is 0 Å². The minimum atomic E-state index is -0.717. The van der Waals surface area contributed by atoms with Crippen molar-refractivity contribution >= 4 is 5.91 Å². The van der Waals surface area contributed by atoms with Crippen LogP contribution in [0.3, 0.4) is 0 Å². The summed E-state index contributed by atoms with van der Waals surface area (Å²) in [7, 11) is 0. The maximum absolute atomic E-state index is 11.2. The number of nitrogens with two attached hydrogens (primary N) is 1. The van der Waals surface area contributed by atoms with E-state index in [2.05, 4.69) is 6.42 Å². The van der Waals surface area contributed by atoms with Crippen LogP contribution < -0.4 is 10.5 Å². The summed E-state index contributed by atoms with van der Waals surface area (Å²) in [5.41, 5.74) is 6.36. The summed E-state index contributed by atoms with van der Waals surface area (Å²) in [5, 5.41) is 0. The van der Waals surface area contributed by atoms with Crippen molar-refractivity contribution < 1.29 is 19.0 Å². The van der Waals surface area contributed by atoms with E-state index in [1.165, 1.54) is 0 Å². The van der Waals surface area contributed by atoms with Gasteiger partial charge >= 0.3 is 0 Å². The largest absolute Gasteiger partial charge is 0.465 e. The molecule has 1 aromatic carbocycles. The molecule has 0 saturated carbocycles. The van der Waals surface area contributed by atoms with E-state index in [1.807, 2.05) is 24.3 Å². The highest BCUT2D eigenvalue weighted by Gasteiger charge is 2.28. The topological polar surface area (TPSA) is 70.8 Å². The van der Waals surface area contributed by atoms with Gasteiger partial charge in [-0.2, -0.15) is 0 Å². The van der Waals surface area contributed by atoms with Crippen molar-refractivity contribution in [3.63, 3.8) is 0 Å². The van der Waals surface area contributed by atoms with E-state index < -0.39 is 12.0 Å². The molecule has 118 valence electrons. The molecule has 0 aliphatic carbocycles. The first kappa shape index (κ1) is 15.3. The summed E-state index contributed by atoms with van der Waals surface area (Å²) in [5.74, 6) is 0.375. The van der Waals surface area contributed by atoms with E-state index in [0.29, 0.717) is 6.61 Å². The van der Waals surface area contributed by atoms with Crippen LogP contribution in [-0.2, 0) is 14.3 Å². The Hall–Kier alpha value is -1.59. The van der Waals surface area contributed by atoms with Crippen LogP contribution in [0.15, 0.2) is 24.3 Å². The molecule has 3 atom stereocenters. The number of hydrogen-bond acceptors (Lipinski definition) is 4. The van der Waals surface area contributed by atoms with Crippen LogP contribution in [0.4, 0.5) is 0 Å². The lowest BCUT2D eigenvalue weighted by atomic mass is 9.88. The molecule has 5 heteroatoms. The zero-order valence-corrected chi connectivity index (χ0v) is 12.5. The van der Waals surface area contributed by atoms with Gasteiger partial charge in [0, 0.05) is 19.4 Å². The van der Waals surface area contributed by atoms with Crippen LogP contribution in [0.5, 0.6) is 5.75 Å².